The van der Waals surface area contributed by atoms with Crippen molar-refractivity contribution in [1.29, 1.82) is 0 Å². The van der Waals surface area contributed by atoms with Crippen LogP contribution in [0.5, 0.6) is 0 Å². The molecule has 0 unspecified atom stereocenters. The Hall–Kier alpha value is -1.64. The molecule has 0 aliphatic carbocycles. The molecule has 0 saturated heterocycles. The van der Waals surface area contributed by atoms with Gasteiger partial charge < -0.3 is 5.32 Å². The number of hydrogen-bond acceptors (Lipinski definition) is 5. The highest BCUT2D eigenvalue weighted by molar-refractivity contribution is 7.94. The number of pyridine rings is 1. The van der Waals surface area contributed by atoms with Crippen molar-refractivity contribution in [2.75, 3.05) is 9.62 Å². The molecule has 1 atom stereocenters. The van der Waals surface area contributed by atoms with Crippen LogP contribution in [0.1, 0.15) is 6.92 Å². The number of halogens is 1. The monoisotopic (exact) mass is 343 g/mol. The first-order valence-corrected chi connectivity index (χ1v) is 8.60. The smallest absolute Gasteiger partial charge is 0.275 e. The Balaban J connectivity index is 2.18. The van der Waals surface area contributed by atoms with E-state index in [0.717, 1.165) is 15.6 Å². The van der Waals surface area contributed by atoms with E-state index in [1.165, 1.54) is 25.3 Å². The Morgan fingerprint density at radius 3 is 2.81 bits per heavy atom. The van der Waals surface area contributed by atoms with Gasteiger partial charge in [-0.05, 0) is 31.2 Å². The van der Waals surface area contributed by atoms with Crippen molar-refractivity contribution in [1.82, 2.24) is 4.98 Å². The van der Waals surface area contributed by atoms with E-state index in [-0.39, 0.29) is 10.0 Å². The van der Waals surface area contributed by atoms with Gasteiger partial charge in [-0.2, -0.15) is 0 Å². The highest BCUT2D eigenvalue weighted by Gasteiger charge is 2.39. The van der Waals surface area contributed by atoms with E-state index >= 15 is 0 Å². The maximum atomic E-state index is 12.8. The minimum Gasteiger partial charge on any atom is -0.321 e. The average Bonchev–Trinajstić information content (AvgIpc) is 2.87. The molecule has 21 heavy (non-hydrogen) atoms. The van der Waals surface area contributed by atoms with Gasteiger partial charge in [0, 0.05) is 6.20 Å². The summed E-state index contributed by atoms with van der Waals surface area (Å²) in [6.07, 6.45) is 1.48. The fraction of sp³-hybridized carbons (Fsp3) is 0.167. The Morgan fingerprint density at radius 2 is 2.14 bits per heavy atom. The van der Waals surface area contributed by atoms with Crippen molar-refractivity contribution in [3.63, 3.8) is 0 Å². The van der Waals surface area contributed by atoms with Gasteiger partial charge >= 0.3 is 0 Å². The Kier molecular flexibility index (Phi) is 3.39. The summed E-state index contributed by atoms with van der Waals surface area (Å²) in [7, 11) is -3.89. The molecule has 0 saturated carbocycles. The van der Waals surface area contributed by atoms with Crippen molar-refractivity contribution >= 4 is 50.4 Å². The van der Waals surface area contributed by atoms with Crippen molar-refractivity contribution in [2.24, 2.45) is 0 Å². The molecule has 2 aromatic heterocycles. The summed E-state index contributed by atoms with van der Waals surface area (Å²) >= 11 is 6.75. The standard InChI is InChI=1S/C12H10ClN3O3S2/c1-7-12(17)15-8-3-2-6-14-11(8)16(7)21(18,19)10-5-4-9(13)20-10/h2-7H,1H3,(H,15,17)/t7-/m1/s1. The van der Waals surface area contributed by atoms with Gasteiger partial charge in [-0.25, -0.2) is 17.7 Å². The molecule has 2 aromatic rings. The van der Waals surface area contributed by atoms with Gasteiger partial charge in [-0.3, -0.25) is 4.79 Å². The molecule has 1 amide bonds. The number of rotatable bonds is 2. The average molecular weight is 344 g/mol. The first-order chi connectivity index (χ1) is 9.91. The van der Waals surface area contributed by atoms with Gasteiger partial charge in [-0.1, -0.05) is 11.6 Å². The van der Waals surface area contributed by atoms with Crippen LogP contribution in [-0.2, 0) is 14.8 Å². The second-order valence-electron chi connectivity index (χ2n) is 4.40. The molecule has 0 aromatic carbocycles. The summed E-state index contributed by atoms with van der Waals surface area (Å²) in [6, 6.07) is 5.27. The number of nitrogens with zero attached hydrogens (tertiary/aromatic N) is 2. The second-order valence-corrected chi connectivity index (χ2v) is 8.16. The number of thiophene rings is 1. The molecule has 0 fully saturated rings. The van der Waals surface area contributed by atoms with E-state index in [0.29, 0.717) is 10.0 Å². The number of sulfonamides is 1. The first-order valence-electron chi connectivity index (χ1n) is 5.97. The molecule has 6 nitrogen and oxygen atoms in total. The number of anilines is 2. The summed E-state index contributed by atoms with van der Waals surface area (Å²) < 4.78 is 27.0. The summed E-state index contributed by atoms with van der Waals surface area (Å²) in [4.78, 5) is 16.1. The lowest BCUT2D eigenvalue weighted by atomic mass is 10.2. The van der Waals surface area contributed by atoms with Crippen molar-refractivity contribution < 1.29 is 13.2 Å². The van der Waals surface area contributed by atoms with Gasteiger partial charge in [-0.15, -0.1) is 11.3 Å². The summed E-state index contributed by atoms with van der Waals surface area (Å²) in [6.45, 7) is 1.51. The minimum absolute atomic E-state index is 0.0747. The molecule has 3 heterocycles. The van der Waals surface area contributed by atoms with E-state index in [1.54, 1.807) is 12.1 Å². The number of fused-ring (bicyclic) bond motifs is 1. The molecule has 110 valence electrons. The van der Waals surface area contributed by atoms with Crippen LogP contribution in [0.4, 0.5) is 11.5 Å². The van der Waals surface area contributed by atoms with Gasteiger partial charge in [0.2, 0.25) is 5.91 Å². The Morgan fingerprint density at radius 1 is 1.38 bits per heavy atom. The molecular weight excluding hydrogens is 334 g/mol. The van der Waals surface area contributed by atoms with Gasteiger partial charge in [0.05, 0.1) is 10.0 Å². The number of nitrogens with one attached hydrogen (secondary N) is 1. The van der Waals surface area contributed by atoms with E-state index in [2.05, 4.69) is 10.3 Å². The molecular formula is C12H10ClN3O3S2. The van der Waals surface area contributed by atoms with Crippen molar-refractivity contribution in [2.45, 2.75) is 17.2 Å². The molecule has 9 heteroatoms. The van der Waals surface area contributed by atoms with Crippen LogP contribution in [0.15, 0.2) is 34.7 Å². The number of carbonyl (C=O) groups is 1. The molecule has 3 rings (SSSR count). The SMILES string of the molecule is C[C@@H]1C(=O)Nc2cccnc2N1S(=O)(=O)c1ccc(Cl)s1. The summed E-state index contributed by atoms with van der Waals surface area (Å²) in [5, 5.41) is 2.64. The third-order valence-corrected chi connectivity index (χ3v) is 6.61. The first kappa shape index (κ1) is 14.3. The van der Waals surface area contributed by atoms with Crippen LogP contribution in [-0.4, -0.2) is 25.4 Å². The van der Waals surface area contributed by atoms with Gasteiger partial charge in [0.15, 0.2) is 5.82 Å². The summed E-state index contributed by atoms with van der Waals surface area (Å²) in [5.41, 5.74) is 0.367. The third kappa shape index (κ3) is 2.29. The Bertz CT molecular complexity index is 819. The van der Waals surface area contributed by atoms with E-state index in [4.69, 9.17) is 11.6 Å². The maximum absolute atomic E-state index is 12.8. The zero-order chi connectivity index (χ0) is 15.2. The quantitative estimate of drug-likeness (QED) is 0.907. The zero-order valence-corrected chi connectivity index (χ0v) is 13.2. The number of hydrogen-bond donors (Lipinski definition) is 1. The number of amides is 1. The topological polar surface area (TPSA) is 79.4 Å². The minimum atomic E-state index is -3.89. The zero-order valence-electron chi connectivity index (χ0n) is 10.8. The number of aromatic nitrogens is 1. The van der Waals surface area contributed by atoms with E-state index in [9.17, 15) is 13.2 Å². The van der Waals surface area contributed by atoms with E-state index in [1.807, 2.05) is 0 Å². The normalized spacial score (nSPS) is 18.3. The lowest BCUT2D eigenvalue weighted by Crippen LogP contribution is -2.49. The lowest BCUT2D eigenvalue weighted by Gasteiger charge is -2.33. The van der Waals surface area contributed by atoms with Gasteiger partial charge in [0.1, 0.15) is 10.3 Å². The Labute approximate surface area is 130 Å². The molecule has 0 radical (unpaired) electrons. The largest absolute Gasteiger partial charge is 0.321 e. The van der Waals surface area contributed by atoms with Crippen LogP contribution in [0.3, 0.4) is 0 Å². The highest BCUT2D eigenvalue weighted by atomic mass is 35.5. The highest BCUT2D eigenvalue weighted by Crippen LogP contribution is 2.36. The van der Waals surface area contributed by atoms with Crippen molar-refractivity contribution in [3.05, 3.63) is 34.8 Å². The molecule has 1 aliphatic heterocycles. The lowest BCUT2D eigenvalue weighted by molar-refractivity contribution is -0.117. The fourth-order valence-corrected chi connectivity index (χ4v) is 5.22. The van der Waals surface area contributed by atoms with Crippen LogP contribution >= 0.6 is 22.9 Å². The van der Waals surface area contributed by atoms with E-state index < -0.39 is 22.0 Å². The van der Waals surface area contributed by atoms with Crippen LogP contribution in [0.25, 0.3) is 0 Å². The molecule has 1 aliphatic rings. The van der Waals surface area contributed by atoms with Crippen LogP contribution in [0, 0.1) is 0 Å². The third-order valence-electron chi connectivity index (χ3n) is 3.05. The second kappa shape index (κ2) is 4.97. The summed E-state index contributed by atoms with van der Waals surface area (Å²) in [5.74, 6) is -0.198. The molecule has 0 bridgehead atoms. The fourth-order valence-electron chi connectivity index (χ4n) is 2.05. The molecule has 0 spiro atoms. The van der Waals surface area contributed by atoms with Crippen LogP contribution in [0.2, 0.25) is 4.34 Å². The molecule has 1 N–H and O–H groups in total. The maximum Gasteiger partial charge on any atom is 0.275 e. The van der Waals surface area contributed by atoms with Gasteiger partial charge in [0.25, 0.3) is 10.0 Å². The predicted octanol–water partition coefficient (Wildman–Crippen LogP) is 2.33. The predicted molar refractivity (Wildman–Crippen MR) is 81.3 cm³/mol. The van der Waals surface area contributed by atoms with Crippen LogP contribution < -0.4 is 9.62 Å². The van der Waals surface area contributed by atoms with Crippen molar-refractivity contribution in [3.8, 4) is 0 Å². The number of carbonyl (C=O) groups excluding carboxylic acids is 1.